The van der Waals surface area contributed by atoms with Gasteiger partial charge in [-0.1, -0.05) is 35.0 Å². The van der Waals surface area contributed by atoms with E-state index in [0.29, 0.717) is 0 Å². The standard InChI is InChI=1S/C7H6O.C2H5Br/c1-2-6-4-7(3-1)8-5-6;1-2-3/h1-4H,5H2;2H2,1H3. The van der Waals surface area contributed by atoms with Gasteiger partial charge in [-0.15, -0.1) is 0 Å². The molecule has 0 saturated carbocycles. The van der Waals surface area contributed by atoms with Crippen molar-refractivity contribution < 1.29 is 4.74 Å². The maximum Gasteiger partial charge on any atom is 0.120 e. The molecule has 2 heteroatoms. The molecule has 2 rings (SSSR count). The Kier molecular flexibility index (Phi) is 3.43. The van der Waals surface area contributed by atoms with Crippen LogP contribution in [0, 0.1) is 0 Å². The molecule has 11 heavy (non-hydrogen) atoms. The van der Waals surface area contributed by atoms with Crippen molar-refractivity contribution in [2.75, 3.05) is 5.33 Å². The van der Waals surface area contributed by atoms with Crippen molar-refractivity contribution >= 4 is 15.9 Å². The molecule has 1 heterocycles. The molecule has 0 atom stereocenters. The molecular weight excluding hydrogens is 204 g/mol. The Hall–Kier alpha value is -0.500. The van der Waals surface area contributed by atoms with Crippen LogP contribution >= 0.6 is 15.9 Å². The Morgan fingerprint density at radius 3 is 2.82 bits per heavy atom. The number of hydrogen-bond acceptors (Lipinski definition) is 1. The van der Waals surface area contributed by atoms with E-state index >= 15 is 0 Å². The summed E-state index contributed by atoms with van der Waals surface area (Å²) in [5, 5.41) is 1.06. The van der Waals surface area contributed by atoms with Crippen molar-refractivity contribution in [2.24, 2.45) is 0 Å². The van der Waals surface area contributed by atoms with E-state index in [4.69, 9.17) is 4.74 Å². The lowest BCUT2D eigenvalue weighted by Crippen LogP contribution is -1.80. The minimum Gasteiger partial charge on any atom is -0.489 e. The molecule has 1 nitrogen and oxygen atoms in total. The molecule has 0 N–H and O–H groups in total. The summed E-state index contributed by atoms with van der Waals surface area (Å²) in [7, 11) is 0. The second-order valence-corrected chi connectivity index (χ2v) is 3.32. The molecule has 0 fully saturated rings. The van der Waals surface area contributed by atoms with Gasteiger partial charge >= 0.3 is 0 Å². The first-order valence-electron chi connectivity index (χ1n) is 3.64. The summed E-state index contributed by atoms with van der Waals surface area (Å²) >= 11 is 3.15. The first kappa shape index (κ1) is 8.60. The topological polar surface area (TPSA) is 9.23 Å². The number of benzene rings is 1. The van der Waals surface area contributed by atoms with Crippen LogP contribution in [0.25, 0.3) is 0 Å². The van der Waals surface area contributed by atoms with Gasteiger partial charge in [0.1, 0.15) is 12.4 Å². The third-order valence-electron chi connectivity index (χ3n) is 1.30. The summed E-state index contributed by atoms with van der Waals surface area (Å²) in [5.74, 6) is 1.00. The van der Waals surface area contributed by atoms with Crippen LogP contribution in [-0.2, 0) is 6.61 Å². The van der Waals surface area contributed by atoms with Crippen molar-refractivity contribution in [3.05, 3.63) is 29.8 Å². The molecule has 0 saturated heterocycles. The van der Waals surface area contributed by atoms with Crippen LogP contribution in [0.3, 0.4) is 0 Å². The highest BCUT2D eigenvalue weighted by atomic mass is 79.9. The summed E-state index contributed by atoms with van der Waals surface area (Å²) < 4.78 is 5.18. The molecular formula is C9H11BrO. The van der Waals surface area contributed by atoms with E-state index in [1.807, 2.05) is 19.1 Å². The van der Waals surface area contributed by atoms with Crippen LogP contribution in [0.5, 0.6) is 5.75 Å². The highest BCUT2D eigenvalue weighted by molar-refractivity contribution is 9.09. The Morgan fingerprint density at radius 2 is 2.27 bits per heavy atom. The lowest BCUT2D eigenvalue weighted by molar-refractivity contribution is 0.328. The van der Waals surface area contributed by atoms with Crippen molar-refractivity contribution in [3.8, 4) is 5.75 Å². The van der Waals surface area contributed by atoms with E-state index in [9.17, 15) is 0 Å². The monoisotopic (exact) mass is 214 g/mol. The van der Waals surface area contributed by atoms with Gasteiger partial charge in [-0.2, -0.15) is 0 Å². The van der Waals surface area contributed by atoms with Gasteiger partial charge in [-0.3, -0.25) is 0 Å². The Morgan fingerprint density at radius 1 is 1.55 bits per heavy atom. The molecule has 1 aliphatic heterocycles. The van der Waals surface area contributed by atoms with Crippen LogP contribution in [0.1, 0.15) is 12.5 Å². The van der Waals surface area contributed by atoms with Crippen LogP contribution < -0.4 is 4.74 Å². The lowest BCUT2D eigenvalue weighted by Gasteiger charge is -1.88. The molecule has 1 aromatic carbocycles. The summed E-state index contributed by atoms with van der Waals surface area (Å²) in [6.45, 7) is 2.81. The Bertz CT molecular complexity index is 203. The van der Waals surface area contributed by atoms with Crippen LogP contribution in [-0.4, -0.2) is 5.33 Å². The zero-order valence-corrected chi connectivity index (χ0v) is 8.10. The van der Waals surface area contributed by atoms with Gasteiger partial charge in [0, 0.05) is 5.33 Å². The first-order valence-corrected chi connectivity index (χ1v) is 4.76. The zero-order valence-electron chi connectivity index (χ0n) is 6.51. The van der Waals surface area contributed by atoms with E-state index < -0.39 is 0 Å². The van der Waals surface area contributed by atoms with Crippen LogP contribution in [0.4, 0.5) is 0 Å². The zero-order chi connectivity index (χ0) is 8.10. The summed E-state index contributed by atoms with van der Waals surface area (Å²) in [6.07, 6.45) is 0. The highest BCUT2D eigenvalue weighted by Gasteiger charge is 2.03. The molecule has 2 bridgehead atoms. The third-order valence-corrected chi connectivity index (χ3v) is 1.30. The van der Waals surface area contributed by atoms with Crippen molar-refractivity contribution in [3.63, 3.8) is 0 Å². The van der Waals surface area contributed by atoms with E-state index in [-0.39, 0.29) is 0 Å². The smallest absolute Gasteiger partial charge is 0.120 e. The average Bonchev–Trinajstić information content (AvgIpc) is 2.33. The van der Waals surface area contributed by atoms with Gasteiger partial charge in [0.05, 0.1) is 0 Å². The maximum atomic E-state index is 5.18. The number of hydrogen-bond donors (Lipinski definition) is 0. The quantitative estimate of drug-likeness (QED) is 0.604. The number of ether oxygens (including phenoxy) is 1. The number of halogens is 1. The molecule has 0 aliphatic carbocycles. The fourth-order valence-corrected chi connectivity index (χ4v) is 0.892. The molecule has 1 aliphatic rings. The first-order chi connectivity index (χ1) is 5.36. The Balaban J connectivity index is 0.000000179. The van der Waals surface area contributed by atoms with Crippen molar-refractivity contribution in [1.29, 1.82) is 0 Å². The fourth-order valence-electron chi connectivity index (χ4n) is 0.892. The van der Waals surface area contributed by atoms with Crippen molar-refractivity contribution in [2.45, 2.75) is 13.5 Å². The Labute approximate surface area is 75.5 Å². The summed E-state index contributed by atoms with van der Waals surface area (Å²) in [6, 6.07) is 8.10. The SMILES string of the molecule is CCBr.c1cc2cc(c1)OC2. The predicted molar refractivity (Wildman–Crippen MR) is 50.2 cm³/mol. The number of rotatable bonds is 0. The molecule has 0 aromatic heterocycles. The van der Waals surface area contributed by atoms with Gasteiger partial charge in [0.15, 0.2) is 0 Å². The van der Waals surface area contributed by atoms with E-state index in [2.05, 4.69) is 28.1 Å². The lowest BCUT2D eigenvalue weighted by atomic mass is 10.2. The maximum absolute atomic E-state index is 5.18. The second-order valence-electron chi connectivity index (χ2n) is 2.20. The molecule has 0 amide bonds. The average molecular weight is 215 g/mol. The molecule has 0 radical (unpaired) electrons. The van der Waals surface area contributed by atoms with Crippen molar-refractivity contribution in [1.82, 2.24) is 0 Å². The predicted octanol–water partition coefficient (Wildman–Crippen LogP) is 2.98. The molecule has 0 unspecified atom stereocenters. The van der Waals surface area contributed by atoms with Gasteiger partial charge < -0.3 is 4.74 Å². The number of fused-ring (bicyclic) bond motifs is 2. The second kappa shape index (κ2) is 4.39. The van der Waals surface area contributed by atoms with Gasteiger partial charge in [0.2, 0.25) is 0 Å². The van der Waals surface area contributed by atoms with Gasteiger partial charge in [-0.05, 0) is 17.7 Å². The normalized spacial score (nSPS) is 11.5. The number of alkyl halides is 1. The van der Waals surface area contributed by atoms with E-state index in [1.54, 1.807) is 0 Å². The summed E-state index contributed by atoms with van der Waals surface area (Å²) in [4.78, 5) is 0. The molecule has 0 spiro atoms. The van der Waals surface area contributed by atoms with E-state index in [0.717, 1.165) is 17.7 Å². The minimum absolute atomic E-state index is 0.766. The molecule has 1 aromatic rings. The van der Waals surface area contributed by atoms with E-state index in [1.165, 1.54) is 5.56 Å². The third kappa shape index (κ3) is 2.54. The minimum atomic E-state index is 0.766. The van der Waals surface area contributed by atoms with Gasteiger partial charge in [-0.25, -0.2) is 0 Å². The fraction of sp³-hybridized carbons (Fsp3) is 0.333. The highest BCUT2D eigenvalue weighted by Crippen LogP contribution is 2.20. The molecule has 60 valence electrons. The largest absolute Gasteiger partial charge is 0.489 e. The van der Waals surface area contributed by atoms with Gasteiger partial charge in [0.25, 0.3) is 0 Å². The van der Waals surface area contributed by atoms with Crippen LogP contribution in [0.2, 0.25) is 0 Å². The van der Waals surface area contributed by atoms with Crippen LogP contribution in [0.15, 0.2) is 24.3 Å². The summed E-state index contributed by atoms with van der Waals surface area (Å²) in [5.41, 5.74) is 1.28.